The third kappa shape index (κ3) is 2.53. The summed E-state index contributed by atoms with van der Waals surface area (Å²) >= 11 is 0. The largest absolute Gasteiger partial charge is 0.478 e. The number of hydrogen-bond acceptors (Lipinski definition) is 3. The second-order valence-corrected chi connectivity index (χ2v) is 5.72. The Morgan fingerprint density at radius 3 is 2.90 bits per heavy atom. The van der Waals surface area contributed by atoms with Crippen LogP contribution in [-0.4, -0.2) is 34.3 Å². The van der Waals surface area contributed by atoms with Crippen molar-refractivity contribution in [3.05, 3.63) is 29.6 Å². The van der Waals surface area contributed by atoms with Crippen molar-refractivity contribution in [1.29, 1.82) is 0 Å². The molecule has 1 saturated carbocycles. The minimum Gasteiger partial charge on any atom is -0.478 e. The maximum absolute atomic E-state index is 11.4. The number of para-hydroxylation sites is 1. The average Bonchev–Trinajstić information content (AvgIpc) is 3.24. The summed E-state index contributed by atoms with van der Waals surface area (Å²) in [5.74, 6) is 0.587. The molecule has 2 aromatic rings. The van der Waals surface area contributed by atoms with Crippen molar-refractivity contribution >= 4 is 17.0 Å². The van der Waals surface area contributed by atoms with Crippen molar-refractivity contribution < 1.29 is 14.6 Å². The second-order valence-electron chi connectivity index (χ2n) is 5.72. The van der Waals surface area contributed by atoms with Crippen LogP contribution in [0.1, 0.15) is 54.3 Å². The van der Waals surface area contributed by atoms with E-state index in [-0.39, 0.29) is 11.6 Å². The van der Waals surface area contributed by atoms with Gasteiger partial charge < -0.3 is 14.4 Å². The molecule has 1 aliphatic rings. The maximum Gasteiger partial charge on any atom is 0.337 e. The topological polar surface area (TPSA) is 64.4 Å². The molecular weight excluding hydrogens is 268 g/mol. The Balaban J connectivity index is 2.13. The number of imidazole rings is 1. The highest BCUT2D eigenvalue weighted by atomic mass is 16.5. The summed E-state index contributed by atoms with van der Waals surface area (Å²) in [6, 6.07) is 5.63. The molecule has 0 aliphatic heterocycles. The highest BCUT2D eigenvalue weighted by molar-refractivity contribution is 6.01. The van der Waals surface area contributed by atoms with Crippen LogP contribution in [-0.2, 0) is 4.74 Å². The Bertz CT molecular complexity index is 673. The lowest BCUT2D eigenvalue weighted by molar-refractivity contribution is 0.0699. The molecule has 1 heterocycles. The molecule has 1 aromatic heterocycles. The van der Waals surface area contributed by atoms with Gasteiger partial charge in [0.25, 0.3) is 0 Å². The average molecular weight is 288 g/mol. The van der Waals surface area contributed by atoms with Gasteiger partial charge in [0.15, 0.2) is 0 Å². The molecule has 112 valence electrons. The van der Waals surface area contributed by atoms with E-state index in [4.69, 9.17) is 4.74 Å². The third-order valence-electron chi connectivity index (χ3n) is 4.10. The summed E-state index contributed by atoms with van der Waals surface area (Å²) in [4.78, 5) is 16.1. The molecule has 1 aliphatic carbocycles. The van der Waals surface area contributed by atoms with Crippen molar-refractivity contribution in [3.8, 4) is 0 Å². The summed E-state index contributed by atoms with van der Waals surface area (Å²) in [7, 11) is 1.70. The Labute approximate surface area is 123 Å². The lowest BCUT2D eigenvalue weighted by Gasteiger charge is -2.17. The number of carboxylic acid groups (broad SMARTS) is 1. The van der Waals surface area contributed by atoms with Gasteiger partial charge in [0, 0.05) is 25.7 Å². The van der Waals surface area contributed by atoms with Crippen LogP contribution in [0.15, 0.2) is 18.2 Å². The Kier molecular flexibility index (Phi) is 3.68. The highest BCUT2D eigenvalue weighted by Crippen LogP contribution is 2.42. The van der Waals surface area contributed by atoms with Crippen LogP contribution in [0.5, 0.6) is 0 Å². The predicted molar refractivity (Wildman–Crippen MR) is 79.9 cm³/mol. The van der Waals surface area contributed by atoms with Gasteiger partial charge in [0.2, 0.25) is 0 Å². The number of hydrogen-bond donors (Lipinski definition) is 1. The molecular formula is C16H20N2O3. The van der Waals surface area contributed by atoms with Gasteiger partial charge in [-0.2, -0.15) is 0 Å². The van der Waals surface area contributed by atoms with E-state index in [0.717, 1.165) is 30.6 Å². The first kappa shape index (κ1) is 14.1. The van der Waals surface area contributed by atoms with Crippen molar-refractivity contribution in [3.63, 3.8) is 0 Å². The zero-order chi connectivity index (χ0) is 15.0. The molecule has 0 spiro atoms. The molecule has 1 aromatic carbocycles. The van der Waals surface area contributed by atoms with Crippen LogP contribution in [0.2, 0.25) is 0 Å². The van der Waals surface area contributed by atoms with Gasteiger partial charge in [-0.3, -0.25) is 0 Å². The van der Waals surface area contributed by atoms with Gasteiger partial charge in [-0.25, -0.2) is 9.78 Å². The van der Waals surface area contributed by atoms with Crippen molar-refractivity contribution in [2.45, 2.75) is 38.1 Å². The van der Waals surface area contributed by atoms with Crippen molar-refractivity contribution in [2.24, 2.45) is 0 Å². The minimum atomic E-state index is -0.919. The first-order chi connectivity index (χ1) is 10.1. The lowest BCUT2D eigenvalue weighted by Crippen LogP contribution is -2.11. The number of benzene rings is 1. The molecule has 0 radical (unpaired) electrons. The summed E-state index contributed by atoms with van der Waals surface area (Å²) in [6.45, 7) is 2.82. The zero-order valence-electron chi connectivity index (χ0n) is 12.4. The molecule has 1 fully saturated rings. The van der Waals surface area contributed by atoms with Crippen LogP contribution in [0.3, 0.4) is 0 Å². The van der Waals surface area contributed by atoms with E-state index in [1.807, 2.05) is 6.07 Å². The first-order valence-corrected chi connectivity index (χ1v) is 7.36. The molecule has 3 rings (SSSR count). The smallest absolute Gasteiger partial charge is 0.337 e. The van der Waals surface area contributed by atoms with Gasteiger partial charge in [-0.1, -0.05) is 6.07 Å². The molecule has 1 unspecified atom stereocenters. The van der Waals surface area contributed by atoms with E-state index in [2.05, 4.69) is 16.5 Å². The van der Waals surface area contributed by atoms with Gasteiger partial charge in [0.1, 0.15) is 11.3 Å². The molecule has 0 amide bonds. The van der Waals surface area contributed by atoms with E-state index in [9.17, 15) is 9.90 Å². The van der Waals surface area contributed by atoms with Crippen LogP contribution in [0, 0.1) is 0 Å². The maximum atomic E-state index is 11.4. The minimum absolute atomic E-state index is 0.245. The number of nitrogens with zero attached hydrogens (tertiary/aromatic N) is 2. The molecule has 0 saturated heterocycles. The number of rotatable bonds is 6. The van der Waals surface area contributed by atoms with Gasteiger partial charge in [0.05, 0.1) is 11.1 Å². The van der Waals surface area contributed by atoms with Crippen molar-refractivity contribution in [1.82, 2.24) is 9.55 Å². The van der Waals surface area contributed by atoms with E-state index >= 15 is 0 Å². The normalized spacial score (nSPS) is 16.3. The Hall–Kier alpha value is -1.88. The molecule has 0 bridgehead atoms. The predicted octanol–water partition coefficient (Wildman–Crippen LogP) is 3.21. The number of methoxy groups -OCH3 is 1. The number of carbonyl (C=O) groups is 1. The summed E-state index contributed by atoms with van der Waals surface area (Å²) in [5.41, 5.74) is 1.81. The Morgan fingerprint density at radius 1 is 1.52 bits per heavy atom. The fraction of sp³-hybridized carbons (Fsp3) is 0.500. The quantitative estimate of drug-likeness (QED) is 0.886. The monoisotopic (exact) mass is 288 g/mol. The number of aromatic nitrogens is 2. The molecule has 5 nitrogen and oxygen atoms in total. The summed E-state index contributed by atoms with van der Waals surface area (Å²) in [5, 5.41) is 9.35. The fourth-order valence-electron chi connectivity index (χ4n) is 2.82. The van der Waals surface area contributed by atoms with E-state index < -0.39 is 5.97 Å². The fourth-order valence-corrected chi connectivity index (χ4v) is 2.82. The van der Waals surface area contributed by atoms with Crippen LogP contribution in [0.25, 0.3) is 11.0 Å². The lowest BCUT2D eigenvalue weighted by atomic mass is 10.1. The van der Waals surface area contributed by atoms with Crippen LogP contribution in [0.4, 0.5) is 0 Å². The van der Waals surface area contributed by atoms with Gasteiger partial charge in [-0.15, -0.1) is 0 Å². The van der Waals surface area contributed by atoms with Crippen LogP contribution < -0.4 is 0 Å². The zero-order valence-corrected chi connectivity index (χ0v) is 12.4. The van der Waals surface area contributed by atoms with Crippen LogP contribution >= 0.6 is 0 Å². The Morgan fingerprint density at radius 2 is 2.29 bits per heavy atom. The molecule has 5 heteroatoms. The van der Waals surface area contributed by atoms with Gasteiger partial charge in [-0.05, 0) is 38.3 Å². The third-order valence-corrected chi connectivity index (χ3v) is 4.10. The van der Waals surface area contributed by atoms with E-state index in [0.29, 0.717) is 18.0 Å². The van der Waals surface area contributed by atoms with E-state index in [1.165, 1.54) is 0 Å². The molecule has 1 atom stereocenters. The van der Waals surface area contributed by atoms with Crippen molar-refractivity contribution in [2.75, 3.05) is 13.7 Å². The summed E-state index contributed by atoms with van der Waals surface area (Å²) in [6.07, 6.45) is 3.17. The SMILES string of the molecule is COCCC(C)n1c(C2CC2)nc2c(C(=O)O)cccc21. The summed E-state index contributed by atoms with van der Waals surface area (Å²) < 4.78 is 7.38. The highest BCUT2D eigenvalue weighted by Gasteiger charge is 2.31. The number of fused-ring (bicyclic) bond motifs is 1. The van der Waals surface area contributed by atoms with Gasteiger partial charge >= 0.3 is 5.97 Å². The number of carboxylic acids is 1. The number of ether oxygens (including phenoxy) is 1. The molecule has 1 N–H and O–H groups in total. The second kappa shape index (κ2) is 5.48. The first-order valence-electron chi connectivity index (χ1n) is 7.36. The standard InChI is InChI=1S/C16H20N2O3/c1-10(8-9-21-2)18-13-5-3-4-12(16(19)20)14(13)17-15(18)11-6-7-11/h3-5,10-11H,6-9H2,1-2H3,(H,19,20). The molecule has 21 heavy (non-hydrogen) atoms. The van der Waals surface area contributed by atoms with E-state index in [1.54, 1.807) is 19.2 Å². The number of aromatic carboxylic acids is 1.